The molecule has 2 rings (SSSR count). The van der Waals surface area contributed by atoms with Crippen molar-refractivity contribution in [2.24, 2.45) is 0 Å². The van der Waals surface area contributed by atoms with Gasteiger partial charge in [0.25, 0.3) is 5.91 Å². The highest BCUT2D eigenvalue weighted by Crippen LogP contribution is 2.08. The molecular formula is C17H21FN4O. The van der Waals surface area contributed by atoms with Gasteiger partial charge in [-0.2, -0.15) is 0 Å². The van der Waals surface area contributed by atoms with Crippen LogP contribution in [0, 0.1) is 5.82 Å². The van der Waals surface area contributed by atoms with E-state index in [0.29, 0.717) is 18.7 Å². The number of halogens is 1. The Morgan fingerprint density at radius 3 is 2.35 bits per heavy atom. The summed E-state index contributed by atoms with van der Waals surface area (Å²) in [5.41, 5.74) is 1.26. The monoisotopic (exact) mass is 316 g/mol. The van der Waals surface area contributed by atoms with Crippen molar-refractivity contribution in [2.45, 2.75) is 20.3 Å². The number of anilines is 1. The van der Waals surface area contributed by atoms with E-state index in [1.807, 2.05) is 13.8 Å². The zero-order chi connectivity index (χ0) is 16.7. The number of aromatic nitrogens is 2. The van der Waals surface area contributed by atoms with Crippen LogP contribution in [0.5, 0.6) is 0 Å². The average molecular weight is 316 g/mol. The van der Waals surface area contributed by atoms with Gasteiger partial charge in [-0.3, -0.25) is 4.79 Å². The highest BCUT2D eigenvalue weighted by Gasteiger charge is 2.09. The number of carbonyl (C=O) groups is 1. The lowest BCUT2D eigenvalue weighted by molar-refractivity contribution is 0.0948. The maximum Gasteiger partial charge on any atom is 0.271 e. The quantitative estimate of drug-likeness (QED) is 0.852. The molecular weight excluding hydrogens is 295 g/mol. The molecule has 0 radical (unpaired) electrons. The van der Waals surface area contributed by atoms with Gasteiger partial charge in [0.2, 0.25) is 0 Å². The van der Waals surface area contributed by atoms with E-state index in [0.717, 1.165) is 24.5 Å². The fraction of sp³-hybridized carbons (Fsp3) is 0.353. The maximum atomic E-state index is 12.8. The Morgan fingerprint density at radius 1 is 1.09 bits per heavy atom. The Morgan fingerprint density at radius 2 is 1.78 bits per heavy atom. The summed E-state index contributed by atoms with van der Waals surface area (Å²) in [6, 6.07) is 9.71. The molecule has 2 aromatic rings. The third-order valence-corrected chi connectivity index (χ3v) is 3.58. The number of carbonyl (C=O) groups excluding carboxylic acids is 1. The fourth-order valence-corrected chi connectivity index (χ4v) is 2.22. The topological polar surface area (TPSA) is 58.1 Å². The van der Waals surface area contributed by atoms with Crippen LogP contribution in [0.3, 0.4) is 0 Å². The van der Waals surface area contributed by atoms with Gasteiger partial charge in [-0.15, -0.1) is 10.2 Å². The molecule has 0 aliphatic heterocycles. The lowest BCUT2D eigenvalue weighted by atomic mass is 10.1. The van der Waals surface area contributed by atoms with Gasteiger partial charge in [0.05, 0.1) is 0 Å². The Kier molecular flexibility index (Phi) is 6.02. The Balaban J connectivity index is 1.86. The molecule has 0 bridgehead atoms. The molecule has 1 aromatic heterocycles. The minimum atomic E-state index is -0.263. The van der Waals surface area contributed by atoms with Gasteiger partial charge in [-0.1, -0.05) is 12.1 Å². The second kappa shape index (κ2) is 8.22. The van der Waals surface area contributed by atoms with Gasteiger partial charge in [0, 0.05) is 19.6 Å². The van der Waals surface area contributed by atoms with E-state index in [2.05, 4.69) is 20.4 Å². The third kappa shape index (κ3) is 4.74. The maximum absolute atomic E-state index is 12.8. The lowest BCUT2D eigenvalue weighted by Gasteiger charge is -2.18. The van der Waals surface area contributed by atoms with Crippen LogP contribution in [0.1, 0.15) is 29.9 Å². The number of benzene rings is 1. The van der Waals surface area contributed by atoms with E-state index < -0.39 is 0 Å². The number of hydrogen-bond acceptors (Lipinski definition) is 4. The van der Waals surface area contributed by atoms with Gasteiger partial charge in [-0.05, 0) is 50.1 Å². The second-order valence-electron chi connectivity index (χ2n) is 5.08. The molecule has 0 saturated heterocycles. The molecule has 0 aliphatic carbocycles. The first kappa shape index (κ1) is 16.9. The van der Waals surface area contributed by atoms with Crippen molar-refractivity contribution in [3.05, 3.63) is 53.5 Å². The molecule has 6 heteroatoms. The number of nitrogens with zero attached hydrogens (tertiary/aromatic N) is 3. The highest BCUT2D eigenvalue weighted by molar-refractivity contribution is 5.92. The van der Waals surface area contributed by atoms with Crippen LogP contribution in [-0.4, -0.2) is 35.7 Å². The van der Waals surface area contributed by atoms with Crippen molar-refractivity contribution >= 4 is 11.7 Å². The molecule has 0 aliphatic rings. The van der Waals surface area contributed by atoms with Crippen molar-refractivity contribution in [2.75, 3.05) is 24.5 Å². The number of nitrogens with one attached hydrogen (secondary N) is 1. The predicted octanol–water partition coefficient (Wildman–Crippen LogP) is 2.43. The predicted molar refractivity (Wildman–Crippen MR) is 88.0 cm³/mol. The van der Waals surface area contributed by atoms with E-state index in [1.165, 1.54) is 12.1 Å². The van der Waals surface area contributed by atoms with Crippen molar-refractivity contribution in [3.8, 4) is 0 Å². The van der Waals surface area contributed by atoms with Crippen molar-refractivity contribution in [3.63, 3.8) is 0 Å². The van der Waals surface area contributed by atoms with Crippen molar-refractivity contribution in [1.29, 1.82) is 0 Å². The van der Waals surface area contributed by atoms with Crippen LogP contribution in [0.15, 0.2) is 36.4 Å². The summed E-state index contributed by atoms with van der Waals surface area (Å²) in [5, 5.41) is 10.9. The van der Waals surface area contributed by atoms with Gasteiger partial charge in [0.1, 0.15) is 5.82 Å². The standard InChI is InChI=1S/C17H21FN4O/c1-3-22(4-2)16-10-9-15(20-21-16)17(23)19-12-11-13-5-7-14(18)8-6-13/h5-10H,3-4,11-12H2,1-2H3,(H,19,23). The molecule has 1 amide bonds. The zero-order valence-electron chi connectivity index (χ0n) is 13.4. The lowest BCUT2D eigenvalue weighted by Crippen LogP contribution is -2.28. The molecule has 0 saturated carbocycles. The first-order valence-electron chi connectivity index (χ1n) is 7.75. The zero-order valence-corrected chi connectivity index (χ0v) is 13.4. The SMILES string of the molecule is CCN(CC)c1ccc(C(=O)NCCc2ccc(F)cc2)nn1. The van der Waals surface area contributed by atoms with Gasteiger partial charge in [-0.25, -0.2) is 4.39 Å². The Bertz CT molecular complexity index is 624. The minimum Gasteiger partial charge on any atom is -0.356 e. The molecule has 122 valence electrons. The van der Waals surface area contributed by atoms with E-state index in [4.69, 9.17) is 0 Å². The average Bonchev–Trinajstić information content (AvgIpc) is 2.58. The summed E-state index contributed by atoms with van der Waals surface area (Å²) in [4.78, 5) is 14.1. The third-order valence-electron chi connectivity index (χ3n) is 3.58. The first-order chi connectivity index (χ1) is 11.1. The first-order valence-corrected chi connectivity index (χ1v) is 7.75. The molecule has 1 aromatic carbocycles. The second-order valence-corrected chi connectivity index (χ2v) is 5.08. The summed E-state index contributed by atoms with van der Waals surface area (Å²) in [6.07, 6.45) is 0.636. The molecule has 0 spiro atoms. The van der Waals surface area contributed by atoms with Crippen LogP contribution in [-0.2, 0) is 6.42 Å². The van der Waals surface area contributed by atoms with E-state index in [-0.39, 0.29) is 11.7 Å². The minimum absolute atomic E-state index is 0.259. The van der Waals surface area contributed by atoms with Gasteiger partial charge < -0.3 is 10.2 Å². The molecule has 23 heavy (non-hydrogen) atoms. The molecule has 5 nitrogen and oxygen atoms in total. The Labute approximate surface area is 135 Å². The van der Waals surface area contributed by atoms with Crippen LogP contribution >= 0.6 is 0 Å². The molecule has 0 unspecified atom stereocenters. The fourth-order valence-electron chi connectivity index (χ4n) is 2.22. The van der Waals surface area contributed by atoms with Crippen molar-refractivity contribution in [1.82, 2.24) is 15.5 Å². The van der Waals surface area contributed by atoms with Crippen LogP contribution in [0.2, 0.25) is 0 Å². The normalized spacial score (nSPS) is 10.4. The summed E-state index contributed by atoms with van der Waals surface area (Å²) in [7, 11) is 0. The van der Waals surface area contributed by atoms with E-state index >= 15 is 0 Å². The van der Waals surface area contributed by atoms with Crippen LogP contribution in [0.4, 0.5) is 10.2 Å². The summed E-state index contributed by atoms with van der Waals surface area (Å²) >= 11 is 0. The summed E-state index contributed by atoms with van der Waals surface area (Å²) in [5.74, 6) is 0.241. The van der Waals surface area contributed by atoms with Crippen LogP contribution < -0.4 is 10.2 Å². The smallest absolute Gasteiger partial charge is 0.271 e. The number of rotatable bonds is 7. The number of amides is 1. The number of hydrogen-bond donors (Lipinski definition) is 1. The molecule has 1 N–H and O–H groups in total. The highest BCUT2D eigenvalue weighted by atomic mass is 19.1. The van der Waals surface area contributed by atoms with Gasteiger partial charge in [0.15, 0.2) is 11.5 Å². The molecule has 1 heterocycles. The van der Waals surface area contributed by atoms with E-state index in [1.54, 1.807) is 24.3 Å². The molecule has 0 atom stereocenters. The van der Waals surface area contributed by atoms with Crippen LogP contribution in [0.25, 0.3) is 0 Å². The Hall–Kier alpha value is -2.50. The summed E-state index contributed by atoms with van der Waals surface area (Å²) < 4.78 is 12.8. The molecule has 0 fully saturated rings. The van der Waals surface area contributed by atoms with Crippen molar-refractivity contribution < 1.29 is 9.18 Å². The van der Waals surface area contributed by atoms with E-state index in [9.17, 15) is 9.18 Å². The summed E-state index contributed by atoms with van der Waals surface area (Å²) in [6.45, 7) is 6.23. The largest absolute Gasteiger partial charge is 0.356 e. The van der Waals surface area contributed by atoms with Gasteiger partial charge >= 0.3 is 0 Å².